The van der Waals surface area contributed by atoms with Crippen LogP contribution in [0.4, 0.5) is 0 Å². The molecule has 0 aromatic carbocycles. The topological polar surface area (TPSA) is 52.6 Å². The average molecular weight is 230 g/mol. The first-order valence-corrected chi connectivity index (χ1v) is 5.85. The van der Waals surface area contributed by atoms with Crippen LogP contribution >= 0.6 is 0 Å². The molecule has 0 spiro atoms. The molecular weight excluding hydrogens is 208 g/mol. The van der Waals surface area contributed by atoms with Crippen molar-refractivity contribution < 1.29 is 19.1 Å². The molecule has 4 nitrogen and oxygen atoms in total. The van der Waals surface area contributed by atoms with Crippen molar-refractivity contribution in [3.63, 3.8) is 0 Å². The highest BCUT2D eigenvalue weighted by Gasteiger charge is 2.25. The van der Waals surface area contributed by atoms with E-state index in [0.29, 0.717) is 0 Å². The van der Waals surface area contributed by atoms with Crippen LogP contribution in [0.1, 0.15) is 53.4 Å². The van der Waals surface area contributed by atoms with Crippen LogP contribution in [0.3, 0.4) is 0 Å². The van der Waals surface area contributed by atoms with Crippen LogP contribution in [0.2, 0.25) is 0 Å². The Hall–Kier alpha value is -1.06. The van der Waals surface area contributed by atoms with Gasteiger partial charge < -0.3 is 9.47 Å². The molecule has 94 valence electrons. The summed E-state index contributed by atoms with van der Waals surface area (Å²) in [5.74, 6) is -0.654. The summed E-state index contributed by atoms with van der Waals surface area (Å²) >= 11 is 0. The fourth-order valence-electron chi connectivity index (χ4n) is 1.64. The van der Waals surface area contributed by atoms with E-state index in [4.69, 9.17) is 9.47 Å². The Morgan fingerprint density at radius 2 is 1.19 bits per heavy atom. The van der Waals surface area contributed by atoms with Crippen molar-refractivity contribution in [2.75, 3.05) is 0 Å². The van der Waals surface area contributed by atoms with Crippen LogP contribution in [-0.4, -0.2) is 24.1 Å². The maximum absolute atomic E-state index is 11.0. The summed E-state index contributed by atoms with van der Waals surface area (Å²) < 4.78 is 10.4. The molecule has 16 heavy (non-hydrogen) atoms. The lowest BCUT2D eigenvalue weighted by atomic mass is 10.0. The maximum atomic E-state index is 11.0. The van der Waals surface area contributed by atoms with Gasteiger partial charge in [0, 0.05) is 13.8 Å². The van der Waals surface area contributed by atoms with Crippen molar-refractivity contribution in [1.29, 1.82) is 0 Å². The normalized spacial score (nSPS) is 14.0. The van der Waals surface area contributed by atoms with Gasteiger partial charge in [0.1, 0.15) is 12.2 Å². The van der Waals surface area contributed by atoms with Crippen LogP contribution in [0.25, 0.3) is 0 Å². The molecule has 2 atom stereocenters. The zero-order valence-electron chi connectivity index (χ0n) is 10.6. The highest BCUT2D eigenvalue weighted by atomic mass is 16.6. The van der Waals surface area contributed by atoms with E-state index >= 15 is 0 Å². The van der Waals surface area contributed by atoms with Gasteiger partial charge in [-0.1, -0.05) is 26.7 Å². The molecule has 0 N–H and O–H groups in total. The number of esters is 2. The number of hydrogen-bond donors (Lipinski definition) is 0. The zero-order valence-corrected chi connectivity index (χ0v) is 10.6. The van der Waals surface area contributed by atoms with E-state index in [1.165, 1.54) is 13.8 Å². The molecule has 0 amide bonds. The summed E-state index contributed by atoms with van der Waals surface area (Å²) in [5.41, 5.74) is 0. The Balaban J connectivity index is 4.49. The van der Waals surface area contributed by atoms with E-state index in [2.05, 4.69) is 0 Å². The molecular formula is C12H22O4. The van der Waals surface area contributed by atoms with Gasteiger partial charge in [0.15, 0.2) is 0 Å². The van der Waals surface area contributed by atoms with Gasteiger partial charge in [-0.2, -0.15) is 0 Å². The lowest BCUT2D eigenvalue weighted by Gasteiger charge is -2.25. The molecule has 0 saturated heterocycles. The van der Waals surface area contributed by atoms with Gasteiger partial charge in [-0.25, -0.2) is 0 Å². The predicted octanol–water partition coefficient (Wildman–Crippen LogP) is 2.45. The van der Waals surface area contributed by atoms with E-state index in [1.54, 1.807) is 0 Å². The van der Waals surface area contributed by atoms with Gasteiger partial charge in [0.25, 0.3) is 0 Å². The molecule has 0 rings (SSSR count). The molecule has 0 aromatic heterocycles. The minimum atomic E-state index is -0.327. The fraction of sp³-hybridized carbons (Fsp3) is 0.833. The lowest BCUT2D eigenvalue weighted by molar-refractivity contribution is -0.166. The third-order valence-corrected chi connectivity index (χ3v) is 2.20. The van der Waals surface area contributed by atoms with Crippen LogP contribution in [0.5, 0.6) is 0 Å². The van der Waals surface area contributed by atoms with Crippen molar-refractivity contribution in [2.24, 2.45) is 0 Å². The quantitative estimate of drug-likeness (QED) is 0.630. The van der Waals surface area contributed by atoms with Crippen molar-refractivity contribution in [2.45, 2.75) is 65.6 Å². The molecule has 0 radical (unpaired) electrons. The van der Waals surface area contributed by atoms with E-state index in [-0.39, 0.29) is 24.1 Å². The smallest absolute Gasteiger partial charge is 0.303 e. The molecule has 0 bridgehead atoms. The molecule has 0 aliphatic heterocycles. The van der Waals surface area contributed by atoms with Gasteiger partial charge in [0.2, 0.25) is 0 Å². The first-order valence-electron chi connectivity index (χ1n) is 5.85. The summed E-state index contributed by atoms with van der Waals surface area (Å²) in [4.78, 5) is 21.9. The molecule has 0 aromatic rings. The lowest BCUT2D eigenvalue weighted by Crippen LogP contribution is -2.34. The Bertz CT molecular complexity index is 201. The fourth-order valence-corrected chi connectivity index (χ4v) is 1.64. The number of rotatable bonds is 7. The second kappa shape index (κ2) is 8.13. The van der Waals surface area contributed by atoms with Crippen LogP contribution < -0.4 is 0 Å². The van der Waals surface area contributed by atoms with Crippen LogP contribution in [0, 0.1) is 0 Å². The summed E-state index contributed by atoms with van der Waals surface area (Å²) in [6, 6.07) is 0. The average Bonchev–Trinajstić information content (AvgIpc) is 2.15. The third kappa shape index (κ3) is 6.43. The number of ether oxygens (including phenoxy) is 2. The third-order valence-electron chi connectivity index (χ3n) is 2.20. The second-order valence-electron chi connectivity index (χ2n) is 3.87. The van der Waals surface area contributed by atoms with E-state index < -0.39 is 0 Å². The Morgan fingerprint density at radius 3 is 1.38 bits per heavy atom. The van der Waals surface area contributed by atoms with E-state index in [9.17, 15) is 9.59 Å². The van der Waals surface area contributed by atoms with E-state index in [0.717, 1.165) is 25.7 Å². The van der Waals surface area contributed by atoms with Gasteiger partial charge >= 0.3 is 11.9 Å². The first-order chi connectivity index (χ1) is 7.51. The Kier molecular flexibility index (Phi) is 7.60. The summed E-state index contributed by atoms with van der Waals surface area (Å²) in [6.07, 6.45) is 2.59. The number of carbonyl (C=O) groups excluding carboxylic acids is 2. The zero-order chi connectivity index (χ0) is 12.6. The van der Waals surface area contributed by atoms with E-state index in [1.807, 2.05) is 13.8 Å². The largest absolute Gasteiger partial charge is 0.459 e. The highest BCUT2D eigenvalue weighted by Crippen LogP contribution is 2.16. The molecule has 0 fully saturated rings. The first kappa shape index (κ1) is 14.9. The minimum absolute atomic E-state index is 0.314. The minimum Gasteiger partial charge on any atom is -0.459 e. The van der Waals surface area contributed by atoms with Crippen molar-refractivity contribution in [1.82, 2.24) is 0 Å². The molecule has 0 unspecified atom stereocenters. The second-order valence-corrected chi connectivity index (χ2v) is 3.87. The summed E-state index contributed by atoms with van der Waals surface area (Å²) in [6.45, 7) is 6.76. The SMILES string of the molecule is CCC[C@H](OC(C)=O)[C@H](CCC)OC(C)=O. The number of hydrogen-bond acceptors (Lipinski definition) is 4. The molecule has 0 aliphatic carbocycles. The summed E-state index contributed by atoms with van der Waals surface area (Å²) in [5, 5.41) is 0. The Morgan fingerprint density at radius 1 is 0.875 bits per heavy atom. The van der Waals surface area contributed by atoms with Gasteiger partial charge in [-0.3, -0.25) is 9.59 Å². The predicted molar refractivity (Wildman–Crippen MR) is 60.9 cm³/mol. The highest BCUT2D eigenvalue weighted by molar-refractivity contribution is 5.67. The van der Waals surface area contributed by atoms with Crippen molar-refractivity contribution >= 4 is 11.9 Å². The summed E-state index contributed by atoms with van der Waals surface area (Å²) in [7, 11) is 0. The standard InChI is InChI=1S/C12H22O4/c1-5-7-11(15-9(3)13)12(8-6-2)16-10(4)14/h11-12H,5-8H2,1-4H3/t11-,12-/m0/s1. The van der Waals surface area contributed by atoms with Gasteiger partial charge in [-0.15, -0.1) is 0 Å². The van der Waals surface area contributed by atoms with Gasteiger partial charge in [0.05, 0.1) is 0 Å². The van der Waals surface area contributed by atoms with Crippen LogP contribution in [-0.2, 0) is 19.1 Å². The molecule has 0 aliphatic rings. The van der Waals surface area contributed by atoms with Crippen LogP contribution in [0.15, 0.2) is 0 Å². The Labute approximate surface area is 97.3 Å². The van der Waals surface area contributed by atoms with Gasteiger partial charge in [-0.05, 0) is 12.8 Å². The molecule has 0 saturated carbocycles. The maximum Gasteiger partial charge on any atom is 0.303 e. The molecule has 0 heterocycles. The number of carbonyl (C=O) groups is 2. The van der Waals surface area contributed by atoms with Crippen molar-refractivity contribution in [3.8, 4) is 0 Å². The molecule has 4 heteroatoms. The van der Waals surface area contributed by atoms with Crippen molar-refractivity contribution in [3.05, 3.63) is 0 Å². The monoisotopic (exact) mass is 230 g/mol.